The highest BCUT2D eigenvalue weighted by molar-refractivity contribution is 5.02. The number of aromatic nitrogens is 2. The smallest absolute Gasteiger partial charge is 0.0640 e. The Kier molecular flexibility index (Phi) is 4.73. The van der Waals surface area contributed by atoms with Crippen LogP contribution in [-0.2, 0) is 11.2 Å². The Hall–Kier alpha value is -0.870. The summed E-state index contributed by atoms with van der Waals surface area (Å²) in [6.07, 6.45) is 13.3. The summed E-state index contributed by atoms with van der Waals surface area (Å²) in [5.74, 6) is 0. The fourth-order valence-corrected chi connectivity index (χ4v) is 3.54. The lowest BCUT2D eigenvalue weighted by Crippen LogP contribution is -2.31. The van der Waals surface area contributed by atoms with E-state index >= 15 is 0 Å². The maximum atomic E-state index is 6.27. The van der Waals surface area contributed by atoms with E-state index in [1.165, 1.54) is 44.9 Å². The van der Waals surface area contributed by atoms with Gasteiger partial charge in [0.15, 0.2) is 0 Å². The fourth-order valence-electron chi connectivity index (χ4n) is 3.54. The highest BCUT2D eigenvalue weighted by atomic mass is 16.5. The monoisotopic (exact) mass is 277 g/mol. The maximum absolute atomic E-state index is 6.27. The van der Waals surface area contributed by atoms with Crippen LogP contribution in [0, 0.1) is 0 Å². The number of nitrogens with zero attached hydrogens (tertiary/aromatic N) is 2. The van der Waals surface area contributed by atoms with E-state index in [1.54, 1.807) is 0 Å². The topological polar surface area (TPSA) is 53.1 Å². The number of nitrogens with two attached hydrogens (primary N) is 1. The first kappa shape index (κ1) is 14.1. The summed E-state index contributed by atoms with van der Waals surface area (Å²) in [4.78, 5) is 0. The Labute approximate surface area is 121 Å². The second-order valence-electron chi connectivity index (χ2n) is 6.41. The van der Waals surface area contributed by atoms with Crippen molar-refractivity contribution < 1.29 is 4.74 Å². The Morgan fingerprint density at radius 3 is 2.80 bits per heavy atom. The number of rotatable bonds is 5. The van der Waals surface area contributed by atoms with Gasteiger partial charge in [-0.15, -0.1) is 0 Å². The Morgan fingerprint density at radius 2 is 2.05 bits per heavy atom. The molecule has 2 fully saturated rings. The van der Waals surface area contributed by atoms with Crippen LogP contribution in [0.1, 0.15) is 63.1 Å². The summed E-state index contributed by atoms with van der Waals surface area (Å²) in [7, 11) is 0. The third-order valence-corrected chi connectivity index (χ3v) is 4.67. The van der Waals surface area contributed by atoms with Crippen molar-refractivity contribution in [2.75, 3.05) is 6.61 Å². The van der Waals surface area contributed by atoms with Gasteiger partial charge in [-0.05, 0) is 44.6 Å². The summed E-state index contributed by atoms with van der Waals surface area (Å²) in [5, 5.41) is 4.72. The van der Waals surface area contributed by atoms with Crippen molar-refractivity contribution in [1.82, 2.24) is 9.78 Å². The lowest BCUT2D eigenvalue weighted by Gasteiger charge is -2.24. The Morgan fingerprint density at radius 1 is 1.25 bits per heavy atom. The zero-order valence-corrected chi connectivity index (χ0v) is 12.3. The van der Waals surface area contributed by atoms with Crippen LogP contribution < -0.4 is 5.73 Å². The quantitative estimate of drug-likeness (QED) is 0.900. The first-order chi connectivity index (χ1) is 9.81. The SMILES string of the molecule is NC(Cc1ccn(C2CCCC2)n1)CC1CCCCO1. The summed E-state index contributed by atoms with van der Waals surface area (Å²) in [5.41, 5.74) is 7.41. The lowest BCUT2D eigenvalue weighted by molar-refractivity contribution is 0.00742. The van der Waals surface area contributed by atoms with Gasteiger partial charge in [0.1, 0.15) is 0 Å². The molecule has 0 aromatic carbocycles. The van der Waals surface area contributed by atoms with Gasteiger partial charge >= 0.3 is 0 Å². The van der Waals surface area contributed by atoms with Gasteiger partial charge < -0.3 is 10.5 Å². The maximum Gasteiger partial charge on any atom is 0.0640 e. The van der Waals surface area contributed by atoms with E-state index in [4.69, 9.17) is 15.6 Å². The van der Waals surface area contributed by atoms with Crippen LogP contribution in [0.4, 0.5) is 0 Å². The molecule has 2 aliphatic rings. The second-order valence-corrected chi connectivity index (χ2v) is 6.41. The minimum absolute atomic E-state index is 0.171. The molecule has 0 amide bonds. The molecular formula is C16H27N3O. The van der Waals surface area contributed by atoms with E-state index in [2.05, 4.69) is 16.9 Å². The molecule has 3 rings (SSSR count). The summed E-state index contributed by atoms with van der Waals surface area (Å²) in [6.45, 7) is 0.910. The number of hydrogen-bond donors (Lipinski definition) is 1. The van der Waals surface area contributed by atoms with E-state index in [0.717, 1.165) is 25.1 Å². The fraction of sp³-hybridized carbons (Fsp3) is 0.812. The molecule has 2 atom stereocenters. The van der Waals surface area contributed by atoms with Gasteiger partial charge in [0.05, 0.1) is 17.8 Å². The van der Waals surface area contributed by atoms with Crippen LogP contribution in [0.5, 0.6) is 0 Å². The minimum Gasteiger partial charge on any atom is -0.378 e. The zero-order valence-electron chi connectivity index (χ0n) is 12.3. The molecular weight excluding hydrogens is 250 g/mol. The first-order valence-corrected chi connectivity index (χ1v) is 8.22. The molecule has 1 saturated carbocycles. The molecule has 2 heterocycles. The third-order valence-electron chi connectivity index (χ3n) is 4.67. The Bertz CT molecular complexity index is 406. The van der Waals surface area contributed by atoms with Gasteiger partial charge in [0, 0.05) is 25.3 Å². The van der Waals surface area contributed by atoms with Crippen molar-refractivity contribution in [3.63, 3.8) is 0 Å². The zero-order chi connectivity index (χ0) is 13.8. The average molecular weight is 277 g/mol. The number of hydrogen-bond acceptors (Lipinski definition) is 3. The molecule has 4 nitrogen and oxygen atoms in total. The molecule has 1 aliphatic heterocycles. The number of ether oxygens (including phenoxy) is 1. The molecule has 0 bridgehead atoms. The van der Waals surface area contributed by atoms with E-state index in [9.17, 15) is 0 Å². The third kappa shape index (κ3) is 3.61. The van der Waals surface area contributed by atoms with Crippen LogP contribution in [0.25, 0.3) is 0 Å². The molecule has 20 heavy (non-hydrogen) atoms. The van der Waals surface area contributed by atoms with Crippen molar-refractivity contribution in [1.29, 1.82) is 0 Å². The van der Waals surface area contributed by atoms with Crippen LogP contribution in [0.15, 0.2) is 12.3 Å². The highest BCUT2D eigenvalue weighted by Crippen LogP contribution is 2.28. The van der Waals surface area contributed by atoms with Gasteiger partial charge in [-0.2, -0.15) is 5.10 Å². The summed E-state index contributed by atoms with van der Waals surface area (Å²) in [6, 6.07) is 2.94. The van der Waals surface area contributed by atoms with Crippen molar-refractivity contribution in [3.05, 3.63) is 18.0 Å². The van der Waals surface area contributed by atoms with Gasteiger partial charge in [-0.3, -0.25) is 4.68 Å². The molecule has 1 saturated heterocycles. The van der Waals surface area contributed by atoms with Gasteiger partial charge in [0.25, 0.3) is 0 Å². The summed E-state index contributed by atoms with van der Waals surface area (Å²) < 4.78 is 7.93. The molecule has 1 aliphatic carbocycles. The van der Waals surface area contributed by atoms with Crippen molar-refractivity contribution in [2.45, 2.75) is 76.0 Å². The van der Waals surface area contributed by atoms with Crippen molar-refractivity contribution in [2.24, 2.45) is 5.73 Å². The summed E-state index contributed by atoms with van der Waals surface area (Å²) >= 11 is 0. The van der Waals surface area contributed by atoms with E-state index in [-0.39, 0.29) is 6.04 Å². The van der Waals surface area contributed by atoms with Gasteiger partial charge in [0.2, 0.25) is 0 Å². The molecule has 2 N–H and O–H groups in total. The van der Waals surface area contributed by atoms with Gasteiger partial charge in [-0.25, -0.2) is 0 Å². The second kappa shape index (κ2) is 6.72. The predicted molar refractivity (Wildman–Crippen MR) is 79.6 cm³/mol. The molecule has 1 aromatic rings. The largest absolute Gasteiger partial charge is 0.378 e. The minimum atomic E-state index is 0.171. The van der Waals surface area contributed by atoms with Crippen molar-refractivity contribution >= 4 is 0 Å². The van der Waals surface area contributed by atoms with Crippen LogP contribution in [0.2, 0.25) is 0 Å². The van der Waals surface area contributed by atoms with E-state index < -0.39 is 0 Å². The molecule has 0 spiro atoms. The molecule has 0 radical (unpaired) electrons. The normalized spacial score (nSPS) is 25.9. The average Bonchev–Trinajstić information content (AvgIpc) is 3.10. The van der Waals surface area contributed by atoms with Gasteiger partial charge in [-0.1, -0.05) is 12.8 Å². The predicted octanol–water partition coefficient (Wildman–Crippen LogP) is 2.83. The van der Waals surface area contributed by atoms with Crippen molar-refractivity contribution in [3.8, 4) is 0 Å². The van der Waals surface area contributed by atoms with E-state index in [1.807, 2.05) is 0 Å². The molecule has 1 aromatic heterocycles. The highest BCUT2D eigenvalue weighted by Gasteiger charge is 2.20. The Balaban J connectivity index is 1.49. The van der Waals surface area contributed by atoms with Crippen LogP contribution in [-0.4, -0.2) is 28.5 Å². The molecule has 4 heteroatoms. The molecule has 112 valence electrons. The molecule has 2 unspecified atom stereocenters. The van der Waals surface area contributed by atoms with Crippen LogP contribution >= 0.6 is 0 Å². The standard InChI is InChI=1S/C16H27N3O/c17-13(12-16-7-3-4-10-20-16)11-14-8-9-19(18-14)15-5-1-2-6-15/h8-9,13,15-16H,1-7,10-12,17H2. The lowest BCUT2D eigenvalue weighted by atomic mass is 9.99. The van der Waals surface area contributed by atoms with Crippen LogP contribution in [0.3, 0.4) is 0 Å². The van der Waals surface area contributed by atoms with E-state index in [0.29, 0.717) is 12.1 Å². The first-order valence-electron chi connectivity index (χ1n) is 8.22.